The Labute approximate surface area is 177 Å². The SMILES string of the molecule is CCNC(=NCC1CCN(CC)C1)N1CCC(OCCCOC)CC1.I. The van der Waals surface area contributed by atoms with Gasteiger partial charge in [0.1, 0.15) is 0 Å². The van der Waals surface area contributed by atoms with E-state index < -0.39 is 0 Å². The molecule has 2 heterocycles. The van der Waals surface area contributed by atoms with Gasteiger partial charge in [0.05, 0.1) is 6.10 Å². The highest BCUT2D eigenvalue weighted by Crippen LogP contribution is 2.17. The molecule has 0 aliphatic carbocycles. The summed E-state index contributed by atoms with van der Waals surface area (Å²) in [7, 11) is 1.74. The summed E-state index contributed by atoms with van der Waals surface area (Å²) in [6.07, 6.45) is 4.84. The second-order valence-corrected chi connectivity index (χ2v) is 7.15. The van der Waals surface area contributed by atoms with Crippen molar-refractivity contribution in [3.8, 4) is 0 Å². The Kier molecular flexibility index (Phi) is 12.8. The summed E-state index contributed by atoms with van der Waals surface area (Å²) in [5, 5.41) is 3.48. The van der Waals surface area contributed by atoms with Gasteiger partial charge in [0.25, 0.3) is 0 Å². The number of guanidine groups is 1. The van der Waals surface area contributed by atoms with Crippen LogP contribution in [0.15, 0.2) is 4.99 Å². The summed E-state index contributed by atoms with van der Waals surface area (Å²) < 4.78 is 11.0. The van der Waals surface area contributed by atoms with Crippen molar-refractivity contribution in [2.75, 3.05) is 66.1 Å². The van der Waals surface area contributed by atoms with Gasteiger partial charge in [-0.2, -0.15) is 0 Å². The number of hydrogen-bond donors (Lipinski definition) is 1. The Morgan fingerprint density at radius 3 is 2.50 bits per heavy atom. The maximum absolute atomic E-state index is 5.97. The highest BCUT2D eigenvalue weighted by atomic mass is 127. The molecule has 2 aliphatic rings. The predicted molar refractivity (Wildman–Crippen MR) is 119 cm³/mol. The Balaban J connectivity index is 0.00000338. The van der Waals surface area contributed by atoms with Crippen LogP contribution in [0.1, 0.15) is 39.5 Å². The Bertz CT molecular complexity index is 390. The molecule has 0 aromatic rings. The fourth-order valence-corrected chi connectivity index (χ4v) is 3.68. The number of halogens is 1. The lowest BCUT2D eigenvalue weighted by atomic mass is 10.1. The number of methoxy groups -OCH3 is 1. The van der Waals surface area contributed by atoms with E-state index in [9.17, 15) is 0 Å². The Hall–Kier alpha value is -0.120. The first kappa shape index (κ1) is 23.9. The van der Waals surface area contributed by atoms with Crippen molar-refractivity contribution in [1.82, 2.24) is 15.1 Å². The first-order valence-electron chi connectivity index (χ1n) is 10.1. The third kappa shape index (κ3) is 8.27. The summed E-state index contributed by atoms with van der Waals surface area (Å²) in [6.45, 7) is 13.5. The molecular weight excluding hydrogens is 443 g/mol. The van der Waals surface area contributed by atoms with Crippen LogP contribution in [-0.4, -0.2) is 88.0 Å². The highest BCUT2D eigenvalue weighted by Gasteiger charge is 2.24. The summed E-state index contributed by atoms with van der Waals surface area (Å²) in [4.78, 5) is 9.88. The minimum Gasteiger partial charge on any atom is -0.385 e. The summed E-state index contributed by atoms with van der Waals surface area (Å²) in [5.74, 6) is 1.81. The van der Waals surface area contributed by atoms with Crippen LogP contribution in [0.25, 0.3) is 0 Å². The van der Waals surface area contributed by atoms with E-state index in [2.05, 4.69) is 29.0 Å². The third-order valence-corrected chi connectivity index (χ3v) is 5.24. The molecule has 0 aromatic heterocycles. The maximum Gasteiger partial charge on any atom is 0.193 e. The topological polar surface area (TPSA) is 49.3 Å². The average Bonchev–Trinajstić information content (AvgIpc) is 3.11. The number of rotatable bonds is 9. The number of nitrogens with zero attached hydrogens (tertiary/aromatic N) is 3. The molecule has 0 radical (unpaired) electrons. The number of piperidine rings is 1. The van der Waals surface area contributed by atoms with Crippen molar-refractivity contribution < 1.29 is 9.47 Å². The molecule has 0 aromatic carbocycles. The van der Waals surface area contributed by atoms with Crippen molar-refractivity contribution in [1.29, 1.82) is 0 Å². The minimum absolute atomic E-state index is 0. The number of nitrogens with one attached hydrogen (secondary N) is 1. The van der Waals surface area contributed by atoms with Gasteiger partial charge in [0, 0.05) is 53.0 Å². The lowest BCUT2D eigenvalue weighted by molar-refractivity contribution is 0.00989. The summed E-state index contributed by atoms with van der Waals surface area (Å²) >= 11 is 0. The molecule has 1 atom stereocenters. The lowest BCUT2D eigenvalue weighted by Gasteiger charge is -2.34. The van der Waals surface area contributed by atoms with Crippen LogP contribution in [0.3, 0.4) is 0 Å². The molecule has 6 nitrogen and oxygen atoms in total. The van der Waals surface area contributed by atoms with Gasteiger partial charge in [-0.15, -0.1) is 24.0 Å². The van der Waals surface area contributed by atoms with E-state index in [1.807, 2.05) is 0 Å². The molecule has 0 spiro atoms. The molecule has 2 fully saturated rings. The zero-order valence-corrected chi connectivity index (χ0v) is 19.2. The zero-order chi connectivity index (χ0) is 17.9. The predicted octanol–water partition coefficient (Wildman–Crippen LogP) is 2.43. The Morgan fingerprint density at radius 1 is 1.12 bits per heavy atom. The quantitative estimate of drug-likeness (QED) is 0.237. The van der Waals surface area contributed by atoms with E-state index >= 15 is 0 Å². The number of ether oxygens (including phenoxy) is 2. The first-order chi connectivity index (χ1) is 12.3. The molecule has 2 rings (SSSR count). The summed E-state index contributed by atoms with van der Waals surface area (Å²) in [5.41, 5.74) is 0. The van der Waals surface area contributed by atoms with Gasteiger partial charge in [0.15, 0.2) is 5.96 Å². The largest absolute Gasteiger partial charge is 0.385 e. The molecule has 0 saturated carbocycles. The van der Waals surface area contributed by atoms with Crippen LogP contribution in [0.5, 0.6) is 0 Å². The number of hydrogen-bond acceptors (Lipinski definition) is 4. The average molecular weight is 482 g/mol. The van der Waals surface area contributed by atoms with E-state index in [1.54, 1.807) is 7.11 Å². The first-order valence-corrected chi connectivity index (χ1v) is 10.1. The molecular formula is C19H39IN4O2. The lowest BCUT2D eigenvalue weighted by Crippen LogP contribution is -2.47. The number of aliphatic imine (C=N–C) groups is 1. The van der Waals surface area contributed by atoms with Gasteiger partial charge >= 0.3 is 0 Å². The van der Waals surface area contributed by atoms with E-state index in [0.717, 1.165) is 77.1 Å². The zero-order valence-electron chi connectivity index (χ0n) is 16.9. The van der Waals surface area contributed by atoms with Crippen LogP contribution in [0, 0.1) is 5.92 Å². The molecule has 1 unspecified atom stereocenters. The van der Waals surface area contributed by atoms with Crippen molar-refractivity contribution in [3.63, 3.8) is 0 Å². The second-order valence-electron chi connectivity index (χ2n) is 7.15. The van der Waals surface area contributed by atoms with Gasteiger partial charge in [-0.05, 0) is 51.6 Å². The van der Waals surface area contributed by atoms with Crippen LogP contribution in [-0.2, 0) is 9.47 Å². The normalized spacial score (nSPS) is 22.5. The van der Waals surface area contributed by atoms with Crippen molar-refractivity contribution in [3.05, 3.63) is 0 Å². The van der Waals surface area contributed by atoms with Crippen LogP contribution in [0.4, 0.5) is 0 Å². The molecule has 26 heavy (non-hydrogen) atoms. The molecule has 0 bridgehead atoms. The van der Waals surface area contributed by atoms with E-state index in [4.69, 9.17) is 14.5 Å². The van der Waals surface area contributed by atoms with Gasteiger partial charge < -0.3 is 24.6 Å². The van der Waals surface area contributed by atoms with Crippen molar-refractivity contribution >= 4 is 29.9 Å². The Morgan fingerprint density at radius 2 is 1.88 bits per heavy atom. The summed E-state index contributed by atoms with van der Waals surface area (Å²) in [6, 6.07) is 0. The van der Waals surface area contributed by atoms with Crippen molar-refractivity contribution in [2.24, 2.45) is 10.9 Å². The van der Waals surface area contributed by atoms with Gasteiger partial charge in [-0.3, -0.25) is 4.99 Å². The van der Waals surface area contributed by atoms with E-state index in [1.165, 1.54) is 19.5 Å². The molecule has 0 amide bonds. The molecule has 7 heteroatoms. The molecule has 2 saturated heterocycles. The standard InChI is InChI=1S/C19H38N4O2.HI/c1-4-20-19(21-15-17-7-10-22(5-2)16-17)23-11-8-18(9-12-23)25-14-6-13-24-3;/h17-18H,4-16H2,1-3H3,(H,20,21);1H. The third-order valence-electron chi connectivity index (χ3n) is 5.24. The maximum atomic E-state index is 5.97. The van der Waals surface area contributed by atoms with Gasteiger partial charge in [-0.1, -0.05) is 6.92 Å². The van der Waals surface area contributed by atoms with Gasteiger partial charge in [-0.25, -0.2) is 0 Å². The van der Waals surface area contributed by atoms with E-state index in [-0.39, 0.29) is 24.0 Å². The van der Waals surface area contributed by atoms with Crippen LogP contribution >= 0.6 is 24.0 Å². The molecule has 2 aliphatic heterocycles. The minimum atomic E-state index is 0. The highest BCUT2D eigenvalue weighted by molar-refractivity contribution is 14.0. The number of likely N-dealkylation sites (tertiary alicyclic amines) is 2. The fraction of sp³-hybridized carbons (Fsp3) is 0.947. The molecule has 154 valence electrons. The molecule has 1 N–H and O–H groups in total. The second kappa shape index (κ2) is 14.0. The monoisotopic (exact) mass is 482 g/mol. The van der Waals surface area contributed by atoms with Gasteiger partial charge in [0.2, 0.25) is 0 Å². The van der Waals surface area contributed by atoms with Crippen LogP contribution < -0.4 is 5.32 Å². The van der Waals surface area contributed by atoms with Crippen LogP contribution in [0.2, 0.25) is 0 Å². The smallest absolute Gasteiger partial charge is 0.193 e. The van der Waals surface area contributed by atoms with Crippen molar-refractivity contribution in [2.45, 2.75) is 45.6 Å². The van der Waals surface area contributed by atoms with E-state index in [0.29, 0.717) is 6.10 Å². The fourth-order valence-electron chi connectivity index (χ4n) is 3.68.